The van der Waals surface area contributed by atoms with Crippen molar-refractivity contribution in [3.63, 3.8) is 0 Å². The van der Waals surface area contributed by atoms with Gasteiger partial charge in [0.25, 0.3) is 5.91 Å². The first-order valence-corrected chi connectivity index (χ1v) is 7.65. The van der Waals surface area contributed by atoms with Gasteiger partial charge in [-0.1, -0.05) is 35.9 Å². The quantitative estimate of drug-likeness (QED) is 0.854. The summed E-state index contributed by atoms with van der Waals surface area (Å²) < 4.78 is 5.23. The van der Waals surface area contributed by atoms with Crippen LogP contribution in [0.25, 0.3) is 0 Å². The molecule has 0 saturated heterocycles. The Morgan fingerprint density at radius 2 is 1.88 bits per heavy atom. The third-order valence-electron chi connectivity index (χ3n) is 3.88. The van der Waals surface area contributed by atoms with Gasteiger partial charge in [0.1, 0.15) is 5.75 Å². The summed E-state index contributed by atoms with van der Waals surface area (Å²) in [5.74, 6) is -0.670. The van der Waals surface area contributed by atoms with Gasteiger partial charge in [-0.25, -0.2) is 0 Å². The van der Waals surface area contributed by atoms with Crippen molar-refractivity contribution in [2.24, 2.45) is 0 Å². The molecule has 1 amide bonds. The second kappa shape index (κ2) is 7.64. The molecule has 2 aromatic rings. The van der Waals surface area contributed by atoms with Gasteiger partial charge in [-0.3, -0.25) is 9.59 Å². The van der Waals surface area contributed by atoms with Crippen molar-refractivity contribution in [3.8, 4) is 5.75 Å². The van der Waals surface area contributed by atoms with Crippen LogP contribution in [-0.4, -0.2) is 24.1 Å². The van der Waals surface area contributed by atoms with Gasteiger partial charge >= 0.3 is 5.97 Å². The van der Waals surface area contributed by atoms with E-state index in [0.29, 0.717) is 11.3 Å². The maximum Gasteiger partial charge on any atom is 0.305 e. The van der Waals surface area contributed by atoms with E-state index >= 15 is 0 Å². The van der Waals surface area contributed by atoms with E-state index in [-0.39, 0.29) is 12.3 Å². The number of carbonyl (C=O) groups is 2. The summed E-state index contributed by atoms with van der Waals surface area (Å²) in [7, 11) is 1.55. The molecule has 2 N–H and O–H groups in total. The Labute approximate surface area is 141 Å². The molecule has 0 heterocycles. The van der Waals surface area contributed by atoms with Crippen molar-refractivity contribution < 1.29 is 19.4 Å². The minimum Gasteiger partial charge on any atom is -0.496 e. The maximum absolute atomic E-state index is 12.6. The molecule has 1 unspecified atom stereocenters. The molecule has 0 aliphatic rings. The first-order chi connectivity index (χ1) is 11.4. The molecular formula is C19H21NO4. The first-order valence-electron chi connectivity index (χ1n) is 7.65. The third kappa shape index (κ3) is 4.13. The van der Waals surface area contributed by atoms with Crippen LogP contribution in [0.5, 0.6) is 5.75 Å². The van der Waals surface area contributed by atoms with Crippen LogP contribution in [0, 0.1) is 13.8 Å². The van der Waals surface area contributed by atoms with Gasteiger partial charge in [-0.2, -0.15) is 0 Å². The van der Waals surface area contributed by atoms with Crippen LogP contribution in [0.15, 0.2) is 42.5 Å². The fourth-order valence-electron chi connectivity index (χ4n) is 2.63. The molecule has 0 radical (unpaired) electrons. The number of hydrogen-bond donors (Lipinski definition) is 2. The Morgan fingerprint density at radius 1 is 1.17 bits per heavy atom. The molecule has 1 atom stereocenters. The molecule has 2 aromatic carbocycles. The van der Waals surface area contributed by atoms with Crippen LogP contribution in [0.2, 0.25) is 0 Å². The zero-order valence-corrected chi connectivity index (χ0v) is 14.0. The monoisotopic (exact) mass is 327 g/mol. The highest BCUT2D eigenvalue weighted by atomic mass is 16.5. The summed E-state index contributed by atoms with van der Waals surface area (Å²) in [6.07, 6.45) is -0.182. The highest BCUT2D eigenvalue weighted by Crippen LogP contribution is 2.23. The number of aryl methyl sites for hydroxylation is 1. The highest BCUT2D eigenvalue weighted by molar-refractivity contribution is 5.96. The van der Waals surface area contributed by atoms with E-state index in [1.807, 2.05) is 31.2 Å². The third-order valence-corrected chi connectivity index (χ3v) is 3.88. The van der Waals surface area contributed by atoms with Crippen LogP contribution in [-0.2, 0) is 4.79 Å². The number of methoxy groups -OCH3 is 1. The smallest absolute Gasteiger partial charge is 0.305 e. The van der Waals surface area contributed by atoms with Gasteiger partial charge in [-0.15, -0.1) is 0 Å². The Morgan fingerprint density at radius 3 is 2.50 bits per heavy atom. The summed E-state index contributed by atoms with van der Waals surface area (Å²) in [4.78, 5) is 23.8. The second-order valence-corrected chi connectivity index (χ2v) is 5.67. The van der Waals surface area contributed by atoms with Gasteiger partial charge in [0, 0.05) is 11.1 Å². The molecular weight excluding hydrogens is 306 g/mol. The van der Waals surface area contributed by atoms with E-state index in [2.05, 4.69) is 5.32 Å². The minimum atomic E-state index is -0.968. The Hall–Kier alpha value is -2.82. The number of benzene rings is 2. The number of carboxylic acid groups (broad SMARTS) is 1. The lowest BCUT2D eigenvalue weighted by Crippen LogP contribution is -2.30. The van der Waals surface area contributed by atoms with Crippen molar-refractivity contribution in [3.05, 3.63) is 64.7 Å². The molecule has 0 spiro atoms. The fraction of sp³-hybridized carbons (Fsp3) is 0.263. The van der Waals surface area contributed by atoms with Gasteiger partial charge < -0.3 is 15.2 Å². The molecule has 126 valence electrons. The average molecular weight is 327 g/mol. The van der Waals surface area contributed by atoms with E-state index in [1.54, 1.807) is 32.2 Å². The number of hydrogen-bond acceptors (Lipinski definition) is 3. The standard InChI is InChI=1S/C19H21NO4/c1-12-6-4-7-14(10-12)16(11-18(21)22)20-19(23)15-8-5-9-17(24-3)13(15)2/h4-10,16H,11H2,1-3H3,(H,20,23)(H,21,22). The predicted molar refractivity (Wildman–Crippen MR) is 91.4 cm³/mol. The van der Waals surface area contributed by atoms with E-state index < -0.39 is 12.0 Å². The highest BCUT2D eigenvalue weighted by Gasteiger charge is 2.20. The number of nitrogens with one attached hydrogen (secondary N) is 1. The van der Waals surface area contributed by atoms with E-state index in [4.69, 9.17) is 9.84 Å². The number of carbonyl (C=O) groups excluding carboxylic acids is 1. The SMILES string of the molecule is COc1cccc(C(=O)NC(CC(=O)O)c2cccc(C)c2)c1C. The molecule has 0 aliphatic carbocycles. The molecule has 0 bridgehead atoms. The lowest BCUT2D eigenvalue weighted by Gasteiger charge is -2.19. The predicted octanol–water partition coefficient (Wildman–Crippen LogP) is 3.26. The molecule has 2 rings (SSSR count). The summed E-state index contributed by atoms with van der Waals surface area (Å²) in [5.41, 5.74) is 2.97. The van der Waals surface area contributed by atoms with Gasteiger partial charge in [0.05, 0.1) is 19.6 Å². The van der Waals surface area contributed by atoms with E-state index in [9.17, 15) is 9.59 Å². The fourth-order valence-corrected chi connectivity index (χ4v) is 2.63. The molecule has 0 fully saturated rings. The van der Waals surface area contributed by atoms with Crippen molar-refractivity contribution in [1.29, 1.82) is 0 Å². The van der Waals surface area contributed by atoms with Crippen molar-refractivity contribution >= 4 is 11.9 Å². The topological polar surface area (TPSA) is 75.6 Å². The zero-order chi connectivity index (χ0) is 17.7. The number of ether oxygens (including phenoxy) is 1. The number of aliphatic carboxylic acids is 1. The normalized spacial score (nSPS) is 11.6. The minimum absolute atomic E-state index is 0.182. The van der Waals surface area contributed by atoms with Crippen LogP contribution in [0.1, 0.15) is 39.5 Å². The van der Waals surface area contributed by atoms with E-state index in [1.165, 1.54) is 0 Å². The summed E-state index contributed by atoms with van der Waals surface area (Å²) >= 11 is 0. The summed E-state index contributed by atoms with van der Waals surface area (Å²) in [6.45, 7) is 3.72. The second-order valence-electron chi connectivity index (χ2n) is 5.67. The first kappa shape index (κ1) is 17.5. The largest absolute Gasteiger partial charge is 0.496 e. The van der Waals surface area contributed by atoms with Crippen LogP contribution in [0.4, 0.5) is 0 Å². The molecule has 0 saturated carbocycles. The van der Waals surface area contributed by atoms with Crippen molar-refractivity contribution in [2.75, 3.05) is 7.11 Å². The van der Waals surface area contributed by atoms with Crippen LogP contribution >= 0.6 is 0 Å². The lowest BCUT2D eigenvalue weighted by atomic mass is 10.0. The molecule has 5 nitrogen and oxygen atoms in total. The number of amides is 1. The summed E-state index contributed by atoms with van der Waals surface area (Å²) in [6, 6.07) is 12.1. The molecule has 24 heavy (non-hydrogen) atoms. The van der Waals surface area contributed by atoms with Gasteiger partial charge in [0.2, 0.25) is 0 Å². The Bertz CT molecular complexity index is 755. The molecule has 0 aliphatic heterocycles. The zero-order valence-electron chi connectivity index (χ0n) is 14.0. The van der Waals surface area contributed by atoms with Crippen molar-refractivity contribution in [1.82, 2.24) is 5.32 Å². The summed E-state index contributed by atoms with van der Waals surface area (Å²) in [5, 5.41) is 12.0. The number of carboxylic acids is 1. The average Bonchev–Trinajstić information content (AvgIpc) is 2.54. The Balaban J connectivity index is 2.29. The van der Waals surface area contributed by atoms with Gasteiger partial charge in [-0.05, 0) is 31.5 Å². The van der Waals surface area contributed by atoms with E-state index in [0.717, 1.165) is 16.7 Å². The maximum atomic E-state index is 12.6. The lowest BCUT2D eigenvalue weighted by molar-refractivity contribution is -0.137. The Kier molecular flexibility index (Phi) is 5.58. The van der Waals surface area contributed by atoms with Gasteiger partial charge in [0.15, 0.2) is 0 Å². The van der Waals surface area contributed by atoms with Crippen LogP contribution < -0.4 is 10.1 Å². The molecule has 5 heteroatoms. The molecule has 0 aromatic heterocycles. The van der Waals surface area contributed by atoms with Crippen molar-refractivity contribution in [2.45, 2.75) is 26.3 Å². The van der Waals surface area contributed by atoms with Crippen LogP contribution in [0.3, 0.4) is 0 Å². The number of rotatable bonds is 6.